The maximum Gasteiger partial charge on any atom is 0.278 e. The Balaban J connectivity index is 1.30. The second kappa shape index (κ2) is 7.31. The van der Waals surface area contributed by atoms with Crippen molar-refractivity contribution in [2.45, 2.75) is 63.1 Å². The lowest BCUT2D eigenvalue weighted by Crippen LogP contribution is -2.93. The molecule has 4 aliphatic rings. The lowest BCUT2D eigenvalue weighted by molar-refractivity contribution is -0.704. The molecule has 4 fully saturated rings. The van der Waals surface area contributed by atoms with Crippen LogP contribution in [-0.4, -0.2) is 17.5 Å². The average molecular weight is 396 g/mol. The van der Waals surface area contributed by atoms with Crippen molar-refractivity contribution >= 4 is 17.2 Å². The van der Waals surface area contributed by atoms with Gasteiger partial charge in [0.2, 0.25) is 0 Å². The number of rotatable bonds is 6. The maximum absolute atomic E-state index is 13.2. The Morgan fingerprint density at radius 2 is 1.68 bits per heavy atom. The molecule has 4 aliphatic carbocycles. The highest BCUT2D eigenvalue weighted by Crippen LogP contribution is 2.55. The molecule has 0 spiro atoms. The Morgan fingerprint density at radius 3 is 2.25 bits per heavy atom. The molecule has 0 aliphatic heterocycles. The minimum absolute atomic E-state index is 0.0963. The summed E-state index contributed by atoms with van der Waals surface area (Å²) in [4.78, 5) is 14.5. The quantitative estimate of drug-likeness (QED) is 0.766. The molecule has 148 valence electrons. The first-order valence-corrected chi connectivity index (χ1v) is 11.7. The summed E-state index contributed by atoms with van der Waals surface area (Å²) in [5.41, 5.74) is 1.36. The first-order valence-electron chi connectivity index (χ1n) is 10.9. The SMILES string of the molecule is C[C@H]([NH2+][C@@H](c1ccccc1)c1cccs1)C(=O)NC12CC3CC(CC(C3)C1)C2. The molecule has 2 atom stereocenters. The standard InChI is InChI=1S/C24H30N2OS/c1-16(25-22(21-8-5-9-28-21)20-6-3-2-4-7-20)23(27)26-24-13-17-10-18(14-24)12-19(11-17)15-24/h2-9,16-19,22,25H,10-15H2,1H3,(H,26,27)/p+1/t16-,17?,18?,19?,22-,24?/m0/s1. The van der Waals surface area contributed by atoms with Crippen LogP contribution in [0.1, 0.15) is 61.9 Å². The molecular weight excluding hydrogens is 364 g/mol. The first kappa shape index (κ1) is 18.4. The number of amides is 1. The Labute approximate surface area is 171 Å². The summed E-state index contributed by atoms with van der Waals surface area (Å²) in [7, 11) is 0. The van der Waals surface area contributed by atoms with Gasteiger partial charge in [-0.1, -0.05) is 36.4 Å². The van der Waals surface area contributed by atoms with Gasteiger partial charge in [0.15, 0.2) is 6.04 Å². The molecule has 1 aromatic heterocycles. The molecule has 2 aromatic rings. The second-order valence-corrected chi connectivity index (χ2v) is 10.6. The molecule has 1 amide bonds. The largest absolute Gasteiger partial charge is 0.345 e. The number of carbonyl (C=O) groups excluding carboxylic acids is 1. The molecule has 0 saturated heterocycles. The van der Waals surface area contributed by atoms with E-state index in [0.29, 0.717) is 0 Å². The van der Waals surface area contributed by atoms with E-state index in [2.05, 4.69) is 65.4 Å². The fraction of sp³-hybridized carbons (Fsp3) is 0.542. The summed E-state index contributed by atoms with van der Waals surface area (Å²) in [6.45, 7) is 2.07. The second-order valence-electron chi connectivity index (χ2n) is 9.57. The lowest BCUT2D eigenvalue weighted by atomic mass is 9.53. The fourth-order valence-corrected chi connectivity index (χ4v) is 7.35. The van der Waals surface area contributed by atoms with Crippen LogP contribution in [0.15, 0.2) is 47.8 Å². The summed E-state index contributed by atoms with van der Waals surface area (Å²) in [6, 6.07) is 14.9. The molecule has 4 saturated carbocycles. The van der Waals surface area contributed by atoms with Crippen LogP contribution in [0, 0.1) is 17.8 Å². The number of hydrogen-bond donors (Lipinski definition) is 2. The van der Waals surface area contributed by atoms with E-state index in [1.807, 2.05) is 0 Å². The number of nitrogens with one attached hydrogen (secondary N) is 1. The number of thiophene rings is 1. The van der Waals surface area contributed by atoms with Gasteiger partial charge in [-0.15, -0.1) is 11.3 Å². The van der Waals surface area contributed by atoms with Crippen molar-refractivity contribution in [2.75, 3.05) is 0 Å². The highest BCUT2D eigenvalue weighted by molar-refractivity contribution is 7.10. The van der Waals surface area contributed by atoms with Gasteiger partial charge in [0.1, 0.15) is 6.04 Å². The number of benzene rings is 1. The third-order valence-corrected chi connectivity index (χ3v) is 8.29. The van der Waals surface area contributed by atoms with Crippen molar-refractivity contribution < 1.29 is 10.1 Å². The van der Waals surface area contributed by atoms with Gasteiger partial charge in [0, 0.05) is 11.1 Å². The van der Waals surface area contributed by atoms with E-state index in [4.69, 9.17) is 0 Å². The molecule has 0 radical (unpaired) electrons. The highest BCUT2D eigenvalue weighted by Gasteiger charge is 2.52. The van der Waals surface area contributed by atoms with E-state index < -0.39 is 0 Å². The van der Waals surface area contributed by atoms with Crippen LogP contribution in [0.4, 0.5) is 0 Å². The minimum Gasteiger partial charge on any atom is -0.345 e. The van der Waals surface area contributed by atoms with Crippen LogP contribution in [0.2, 0.25) is 0 Å². The number of carbonyl (C=O) groups is 1. The predicted octanol–water partition coefficient (Wildman–Crippen LogP) is 3.87. The van der Waals surface area contributed by atoms with Crippen LogP contribution in [0.5, 0.6) is 0 Å². The van der Waals surface area contributed by atoms with E-state index in [9.17, 15) is 4.79 Å². The normalized spacial score (nSPS) is 32.8. The van der Waals surface area contributed by atoms with Crippen molar-refractivity contribution in [3.8, 4) is 0 Å². The number of nitrogens with two attached hydrogens (primary N) is 1. The van der Waals surface area contributed by atoms with Crippen molar-refractivity contribution in [3.05, 3.63) is 58.3 Å². The Bertz CT molecular complexity index is 781. The van der Waals surface area contributed by atoms with Gasteiger partial charge in [-0.2, -0.15) is 0 Å². The van der Waals surface area contributed by atoms with Gasteiger partial charge < -0.3 is 10.6 Å². The van der Waals surface area contributed by atoms with E-state index in [1.165, 1.54) is 49.0 Å². The smallest absolute Gasteiger partial charge is 0.278 e. The zero-order valence-corrected chi connectivity index (χ0v) is 17.5. The number of quaternary nitrogens is 1. The van der Waals surface area contributed by atoms with Gasteiger partial charge in [-0.3, -0.25) is 4.79 Å². The molecule has 4 bridgehead atoms. The van der Waals surface area contributed by atoms with E-state index in [0.717, 1.165) is 17.8 Å². The topological polar surface area (TPSA) is 45.7 Å². The van der Waals surface area contributed by atoms with Gasteiger partial charge in [-0.25, -0.2) is 0 Å². The number of hydrogen-bond acceptors (Lipinski definition) is 2. The van der Waals surface area contributed by atoms with E-state index in [-0.39, 0.29) is 23.5 Å². The van der Waals surface area contributed by atoms with Crippen LogP contribution >= 0.6 is 11.3 Å². The molecule has 3 nitrogen and oxygen atoms in total. The fourth-order valence-electron chi connectivity index (χ4n) is 6.51. The van der Waals surface area contributed by atoms with Crippen molar-refractivity contribution in [1.82, 2.24) is 5.32 Å². The predicted molar refractivity (Wildman–Crippen MR) is 113 cm³/mol. The van der Waals surface area contributed by atoms with Gasteiger partial charge in [0.05, 0.1) is 4.88 Å². The van der Waals surface area contributed by atoms with E-state index in [1.54, 1.807) is 11.3 Å². The molecular formula is C24H31N2OS+. The van der Waals surface area contributed by atoms with Crippen molar-refractivity contribution in [2.24, 2.45) is 17.8 Å². The third-order valence-electron chi connectivity index (χ3n) is 7.33. The van der Waals surface area contributed by atoms with Gasteiger partial charge in [-0.05, 0) is 74.6 Å². The summed E-state index contributed by atoms with van der Waals surface area (Å²) in [5, 5.41) is 7.93. The lowest BCUT2D eigenvalue weighted by Gasteiger charge is -2.57. The molecule has 3 N–H and O–H groups in total. The Hall–Kier alpha value is -1.65. The van der Waals surface area contributed by atoms with Crippen molar-refractivity contribution in [1.29, 1.82) is 0 Å². The van der Waals surface area contributed by atoms with Crippen LogP contribution < -0.4 is 10.6 Å². The van der Waals surface area contributed by atoms with Crippen LogP contribution in [-0.2, 0) is 4.79 Å². The third kappa shape index (κ3) is 3.53. The molecule has 1 aromatic carbocycles. The summed E-state index contributed by atoms with van der Waals surface area (Å²) in [5.74, 6) is 2.79. The summed E-state index contributed by atoms with van der Waals surface area (Å²) < 4.78 is 0. The monoisotopic (exact) mass is 395 g/mol. The van der Waals surface area contributed by atoms with Gasteiger partial charge in [0.25, 0.3) is 5.91 Å². The zero-order valence-electron chi connectivity index (χ0n) is 16.6. The van der Waals surface area contributed by atoms with Crippen LogP contribution in [0.3, 0.4) is 0 Å². The highest BCUT2D eigenvalue weighted by atomic mass is 32.1. The zero-order chi connectivity index (χ0) is 19.1. The molecule has 0 unspecified atom stereocenters. The van der Waals surface area contributed by atoms with Crippen molar-refractivity contribution in [3.63, 3.8) is 0 Å². The van der Waals surface area contributed by atoms with Gasteiger partial charge >= 0.3 is 0 Å². The Morgan fingerprint density at radius 1 is 1.04 bits per heavy atom. The average Bonchev–Trinajstić information content (AvgIpc) is 3.19. The maximum atomic E-state index is 13.2. The molecule has 6 rings (SSSR count). The molecule has 1 heterocycles. The minimum atomic E-state index is -0.0969. The summed E-state index contributed by atoms with van der Waals surface area (Å²) >= 11 is 1.77. The molecule has 28 heavy (non-hydrogen) atoms. The summed E-state index contributed by atoms with van der Waals surface area (Å²) in [6.07, 6.45) is 7.86. The first-order chi connectivity index (χ1) is 13.6. The van der Waals surface area contributed by atoms with E-state index >= 15 is 0 Å². The van der Waals surface area contributed by atoms with Crippen LogP contribution in [0.25, 0.3) is 0 Å². The Kier molecular flexibility index (Phi) is 4.80. The molecule has 4 heteroatoms.